The molecule has 0 aliphatic rings. The Morgan fingerprint density at radius 1 is 1.19 bits per heavy atom. The van der Waals surface area contributed by atoms with Crippen molar-refractivity contribution < 1.29 is 18.3 Å². The number of anilines is 3. The Balaban J connectivity index is 1.85. The molecule has 0 aliphatic heterocycles. The van der Waals surface area contributed by atoms with Gasteiger partial charge >= 0.3 is 6.09 Å². The van der Waals surface area contributed by atoms with E-state index in [2.05, 4.69) is 24.8 Å². The van der Waals surface area contributed by atoms with Crippen LogP contribution in [0, 0.1) is 11.6 Å². The fourth-order valence-corrected chi connectivity index (χ4v) is 3.27. The van der Waals surface area contributed by atoms with Gasteiger partial charge in [-0.25, -0.2) is 18.6 Å². The third-order valence-corrected chi connectivity index (χ3v) is 4.77. The van der Waals surface area contributed by atoms with Crippen molar-refractivity contribution in [2.24, 2.45) is 0 Å². The highest BCUT2D eigenvalue weighted by molar-refractivity contribution is 5.94. The molecular formula is C20H18F2N8O2. The van der Waals surface area contributed by atoms with E-state index < -0.39 is 17.7 Å². The number of amides is 1. The number of fused-ring (bicyclic) bond motifs is 1. The van der Waals surface area contributed by atoms with Gasteiger partial charge in [0, 0.05) is 19.5 Å². The van der Waals surface area contributed by atoms with Gasteiger partial charge in [0.2, 0.25) is 0 Å². The summed E-state index contributed by atoms with van der Waals surface area (Å²) in [6.07, 6.45) is 0.419. The molecule has 0 spiro atoms. The van der Waals surface area contributed by atoms with Crippen LogP contribution in [0.1, 0.15) is 11.3 Å². The Kier molecular flexibility index (Phi) is 5.26. The quantitative estimate of drug-likeness (QED) is 0.493. The minimum absolute atomic E-state index is 0.0490. The van der Waals surface area contributed by atoms with Gasteiger partial charge in [0.05, 0.1) is 24.5 Å². The van der Waals surface area contributed by atoms with Crippen molar-refractivity contribution in [2.45, 2.75) is 6.42 Å². The maximum Gasteiger partial charge on any atom is 0.413 e. The number of pyridine rings is 1. The average Bonchev–Trinajstić information content (AvgIpc) is 3.11. The summed E-state index contributed by atoms with van der Waals surface area (Å²) in [4.78, 5) is 25.3. The van der Waals surface area contributed by atoms with Crippen molar-refractivity contribution in [2.75, 3.05) is 30.5 Å². The standard InChI is InChI=1S/C20H18F2N8O2/c1-29(20(31)32-2)16-17(23)26-19(27-18(16)24)30-14-8-11(21)9-25-15(14)13(28-30)7-10-5-3-4-6-12(10)22/h3-6,8-9H,7H2,1-2H3,(H4,23,24,26,27). The fraction of sp³-hybridized carbons (Fsp3) is 0.150. The number of halogens is 2. The van der Waals surface area contributed by atoms with E-state index in [1.165, 1.54) is 31.0 Å². The molecule has 0 unspecified atom stereocenters. The first-order valence-corrected chi connectivity index (χ1v) is 9.31. The van der Waals surface area contributed by atoms with Gasteiger partial charge in [-0.2, -0.15) is 19.7 Å². The van der Waals surface area contributed by atoms with E-state index in [1.54, 1.807) is 18.2 Å². The molecule has 3 heterocycles. The number of benzene rings is 1. The van der Waals surface area contributed by atoms with Gasteiger partial charge in [-0.3, -0.25) is 4.90 Å². The second-order valence-electron chi connectivity index (χ2n) is 6.82. The Bertz CT molecular complexity index is 1320. The van der Waals surface area contributed by atoms with Crippen LogP contribution in [0.5, 0.6) is 0 Å². The fourth-order valence-electron chi connectivity index (χ4n) is 3.27. The molecule has 12 heteroatoms. The van der Waals surface area contributed by atoms with Crippen LogP contribution >= 0.6 is 0 Å². The smallest absolute Gasteiger partial charge is 0.413 e. The molecule has 10 nitrogen and oxygen atoms in total. The molecule has 0 bridgehead atoms. The summed E-state index contributed by atoms with van der Waals surface area (Å²) in [6, 6.07) is 7.43. The lowest BCUT2D eigenvalue weighted by molar-refractivity contribution is 0.180. The first-order chi connectivity index (χ1) is 15.3. The molecule has 0 aliphatic carbocycles. The van der Waals surface area contributed by atoms with E-state index in [0.29, 0.717) is 16.8 Å². The molecule has 1 amide bonds. The lowest BCUT2D eigenvalue weighted by atomic mass is 10.1. The largest absolute Gasteiger partial charge is 0.452 e. The number of hydrogen-bond donors (Lipinski definition) is 2. The topological polar surface area (TPSA) is 138 Å². The molecule has 32 heavy (non-hydrogen) atoms. The monoisotopic (exact) mass is 440 g/mol. The minimum Gasteiger partial charge on any atom is -0.452 e. The maximum absolute atomic E-state index is 14.2. The molecule has 0 saturated heterocycles. The van der Waals surface area contributed by atoms with Gasteiger partial charge < -0.3 is 16.2 Å². The number of hydrogen-bond acceptors (Lipinski definition) is 8. The summed E-state index contributed by atoms with van der Waals surface area (Å²) in [7, 11) is 2.60. The summed E-state index contributed by atoms with van der Waals surface area (Å²) in [5.74, 6) is -1.33. The van der Waals surface area contributed by atoms with E-state index in [9.17, 15) is 13.6 Å². The molecule has 1 aromatic carbocycles. The number of nitrogen functional groups attached to an aromatic ring is 2. The molecular weight excluding hydrogens is 422 g/mol. The molecule has 3 aromatic heterocycles. The highest BCUT2D eigenvalue weighted by Gasteiger charge is 2.23. The molecule has 4 aromatic rings. The first-order valence-electron chi connectivity index (χ1n) is 9.31. The Labute approximate surface area is 180 Å². The van der Waals surface area contributed by atoms with Crippen LogP contribution in [0.2, 0.25) is 0 Å². The van der Waals surface area contributed by atoms with Crippen LogP contribution in [-0.2, 0) is 11.2 Å². The second kappa shape index (κ2) is 8.06. The van der Waals surface area contributed by atoms with Crippen molar-refractivity contribution in [3.63, 3.8) is 0 Å². The SMILES string of the molecule is COC(=O)N(C)c1c(N)nc(-n2nc(Cc3ccccc3F)c3ncc(F)cc32)nc1N. The molecule has 0 atom stereocenters. The number of aromatic nitrogens is 5. The van der Waals surface area contributed by atoms with E-state index in [0.717, 1.165) is 11.1 Å². The zero-order valence-electron chi connectivity index (χ0n) is 17.1. The Hall–Kier alpha value is -4.35. The summed E-state index contributed by atoms with van der Waals surface area (Å²) in [5.41, 5.74) is 13.4. The van der Waals surface area contributed by atoms with Crippen LogP contribution in [0.15, 0.2) is 36.5 Å². The van der Waals surface area contributed by atoms with Gasteiger partial charge in [-0.05, 0) is 11.6 Å². The van der Waals surface area contributed by atoms with Gasteiger partial charge in [-0.1, -0.05) is 18.2 Å². The van der Waals surface area contributed by atoms with Gasteiger partial charge in [-0.15, -0.1) is 0 Å². The maximum atomic E-state index is 14.2. The normalized spacial score (nSPS) is 11.0. The van der Waals surface area contributed by atoms with Crippen LogP contribution in [-0.4, -0.2) is 45.0 Å². The van der Waals surface area contributed by atoms with E-state index in [4.69, 9.17) is 11.5 Å². The van der Waals surface area contributed by atoms with Crippen LogP contribution in [0.3, 0.4) is 0 Å². The predicted octanol–water partition coefficient (Wildman–Crippen LogP) is 2.45. The van der Waals surface area contributed by atoms with Crippen molar-refractivity contribution >= 4 is 34.4 Å². The minimum atomic E-state index is -0.720. The molecule has 0 radical (unpaired) electrons. The third kappa shape index (κ3) is 3.62. The first kappa shape index (κ1) is 20.9. The summed E-state index contributed by atoms with van der Waals surface area (Å²) in [5, 5.41) is 4.42. The number of nitrogens with two attached hydrogens (primary N) is 2. The third-order valence-electron chi connectivity index (χ3n) is 4.77. The summed E-state index contributed by atoms with van der Waals surface area (Å²) < 4.78 is 34.0. The number of nitrogens with zero attached hydrogens (tertiary/aromatic N) is 6. The van der Waals surface area contributed by atoms with Gasteiger partial charge in [0.25, 0.3) is 5.95 Å². The van der Waals surface area contributed by atoms with Crippen LogP contribution < -0.4 is 16.4 Å². The lowest BCUT2D eigenvalue weighted by Gasteiger charge is -2.18. The highest BCUT2D eigenvalue weighted by Crippen LogP contribution is 2.29. The van der Waals surface area contributed by atoms with Crippen LogP contribution in [0.4, 0.5) is 30.9 Å². The van der Waals surface area contributed by atoms with Gasteiger partial charge in [0.15, 0.2) is 11.6 Å². The Morgan fingerprint density at radius 3 is 2.53 bits per heavy atom. The molecule has 0 saturated carbocycles. The predicted molar refractivity (Wildman–Crippen MR) is 113 cm³/mol. The molecule has 4 N–H and O–H groups in total. The highest BCUT2D eigenvalue weighted by atomic mass is 19.1. The van der Waals surface area contributed by atoms with E-state index in [-0.39, 0.29) is 35.2 Å². The van der Waals surface area contributed by atoms with Crippen molar-refractivity contribution in [3.05, 3.63) is 59.4 Å². The summed E-state index contributed by atoms with van der Waals surface area (Å²) in [6.45, 7) is 0. The zero-order chi connectivity index (χ0) is 23.0. The average molecular weight is 440 g/mol. The summed E-state index contributed by atoms with van der Waals surface area (Å²) >= 11 is 0. The number of carbonyl (C=O) groups is 1. The zero-order valence-corrected chi connectivity index (χ0v) is 17.1. The Morgan fingerprint density at radius 2 is 1.88 bits per heavy atom. The van der Waals surface area contributed by atoms with Crippen molar-refractivity contribution in [1.29, 1.82) is 0 Å². The molecule has 0 fully saturated rings. The number of methoxy groups -OCH3 is 1. The van der Waals surface area contributed by atoms with Gasteiger partial charge in [0.1, 0.15) is 22.8 Å². The van der Waals surface area contributed by atoms with Crippen molar-refractivity contribution in [1.82, 2.24) is 24.7 Å². The number of carbonyl (C=O) groups excluding carboxylic acids is 1. The van der Waals surface area contributed by atoms with E-state index in [1.807, 2.05) is 0 Å². The molecule has 164 valence electrons. The number of rotatable bonds is 4. The second-order valence-corrected chi connectivity index (χ2v) is 6.82. The number of ether oxygens (including phenoxy) is 1. The molecule has 4 rings (SSSR count). The van der Waals surface area contributed by atoms with Crippen molar-refractivity contribution in [3.8, 4) is 5.95 Å². The lowest BCUT2D eigenvalue weighted by Crippen LogP contribution is -2.28. The van der Waals surface area contributed by atoms with Crippen LogP contribution in [0.25, 0.3) is 17.0 Å². The van der Waals surface area contributed by atoms with E-state index >= 15 is 0 Å².